The quantitative estimate of drug-likeness (QED) is 0.826. The number of anilines is 2. The van der Waals surface area contributed by atoms with Crippen molar-refractivity contribution < 1.29 is 4.79 Å². The maximum Gasteiger partial charge on any atom is 0.234 e. The summed E-state index contributed by atoms with van der Waals surface area (Å²) < 4.78 is 0.851. The van der Waals surface area contributed by atoms with Gasteiger partial charge in [-0.3, -0.25) is 4.79 Å². The molecule has 0 aliphatic carbocycles. The van der Waals surface area contributed by atoms with Gasteiger partial charge in [0.2, 0.25) is 5.91 Å². The predicted octanol–water partition coefficient (Wildman–Crippen LogP) is 3.65. The van der Waals surface area contributed by atoms with Crippen LogP contribution in [0.1, 0.15) is 31.2 Å². The molecule has 4 nitrogen and oxygen atoms in total. The largest absolute Gasteiger partial charge is 0.372 e. The molecule has 2 aliphatic rings. The number of rotatable bonds is 4. The Hall–Kier alpha value is -1.27. The van der Waals surface area contributed by atoms with Crippen LogP contribution in [0.15, 0.2) is 18.2 Å². The highest BCUT2D eigenvalue weighted by atomic mass is 32.2. The Morgan fingerprint density at radius 3 is 2.50 bits per heavy atom. The maximum absolute atomic E-state index is 12.2. The molecule has 2 heterocycles. The standard InChI is InChI=1S/C18H25N3OS2/c1-14-12-15(20-8-2-3-9-20)6-7-16(14)19-17(22)13-24-18(23)21-10-4-5-11-21/h6-7,12H,2-5,8-11,13H2,1H3,(H,19,22). The fourth-order valence-corrected chi connectivity index (χ4v) is 4.32. The number of thiocarbonyl (C=S) groups is 1. The number of amides is 1. The van der Waals surface area contributed by atoms with Crippen molar-refractivity contribution in [3.63, 3.8) is 0 Å². The Labute approximate surface area is 154 Å². The third kappa shape index (κ3) is 4.42. The smallest absolute Gasteiger partial charge is 0.234 e. The first kappa shape index (κ1) is 17.5. The number of thioether (sulfide) groups is 1. The average molecular weight is 364 g/mol. The lowest BCUT2D eigenvalue weighted by molar-refractivity contribution is -0.113. The van der Waals surface area contributed by atoms with Gasteiger partial charge in [0.15, 0.2) is 0 Å². The minimum absolute atomic E-state index is 0.0126. The summed E-state index contributed by atoms with van der Waals surface area (Å²) in [6.07, 6.45) is 4.95. The Morgan fingerprint density at radius 2 is 1.83 bits per heavy atom. The van der Waals surface area contributed by atoms with E-state index in [-0.39, 0.29) is 5.91 Å². The summed E-state index contributed by atoms with van der Waals surface area (Å²) in [5.74, 6) is 0.390. The monoisotopic (exact) mass is 363 g/mol. The van der Waals surface area contributed by atoms with E-state index in [0.717, 1.165) is 41.8 Å². The molecule has 0 aromatic heterocycles. The third-order valence-electron chi connectivity index (χ3n) is 4.65. The second-order valence-electron chi connectivity index (χ2n) is 6.49. The number of benzene rings is 1. The number of hydrogen-bond donors (Lipinski definition) is 1. The Morgan fingerprint density at radius 1 is 1.17 bits per heavy atom. The molecule has 24 heavy (non-hydrogen) atoms. The van der Waals surface area contributed by atoms with E-state index in [0.29, 0.717) is 5.75 Å². The molecule has 1 aromatic rings. The second-order valence-corrected chi connectivity index (χ2v) is 8.10. The van der Waals surface area contributed by atoms with Crippen molar-refractivity contribution in [2.45, 2.75) is 32.6 Å². The Bertz CT molecular complexity index is 608. The van der Waals surface area contributed by atoms with Gasteiger partial charge in [-0.25, -0.2) is 0 Å². The van der Waals surface area contributed by atoms with Crippen LogP contribution in [0.3, 0.4) is 0 Å². The summed E-state index contributed by atoms with van der Waals surface area (Å²) in [5, 5.41) is 3.02. The van der Waals surface area contributed by atoms with Crippen molar-refractivity contribution in [1.29, 1.82) is 0 Å². The first-order chi connectivity index (χ1) is 11.6. The van der Waals surface area contributed by atoms with Crippen molar-refractivity contribution in [2.24, 2.45) is 0 Å². The fraction of sp³-hybridized carbons (Fsp3) is 0.556. The Balaban J connectivity index is 1.51. The number of carbonyl (C=O) groups excluding carboxylic acids is 1. The van der Waals surface area contributed by atoms with Crippen LogP contribution < -0.4 is 10.2 Å². The lowest BCUT2D eigenvalue weighted by Crippen LogP contribution is -2.25. The molecule has 1 amide bonds. The van der Waals surface area contributed by atoms with Crippen LogP contribution in [0.2, 0.25) is 0 Å². The number of carbonyl (C=O) groups is 1. The molecule has 0 saturated carbocycles. The molecule has 0 unspecified atom stereocenters. The maximum atomic E-state index is 12.2. The fourth-order valence-electron chi connectivity index (χ4n) is 3.26. The molecule has 1 N–H and O–H groups in total. The van der Waals surface area contributed by atoms with Gasteiger partial charge in [0.05, 0.1) is 5.75 Å². The summed E-state index contributed by atoms with van der Waals surface area (Å²) >= 11 is 6.87. The van der Waals surface area contributed by atoms with Gasteiger partial charge in [0.25, 0.3) is 0 Å². The molecular weight excluding hydrogens is 338 g/mol. The van der Waals surface area contributed by atoms with E-state index in [9.17, 15) is 4.79 Å². The zero-order valence-corrected chi connectivity index (χ0v) is 15.8. The summed E-state index contributed by atoms with van der Waals surface area (Å²) in [5.41, 5.74) is 3.27. The first-order valence-corrected chi connectivity index (χ1v) is 10.1. The molecule has 6 heteroatoms. The van der Waals surface area contributed by atoms with E-state index < -0.39 is 0 Å². The zero-order valence-electron chi connectivity index (χ0n) is 14.2. The summed E-state index contributed by atoms with van der Waals surface area (Å²) in [6, 6.07) is 6.29. The van der Waals surface area contributed by atoms with Crippen LogP contribution in [0.25, 0.3) is 0 Å². The van der Waals surface area contributed by atoms with Crippen molar-refractivity contribution in [2.75, 3.05) is 42.1 Å². The van der Waals surface area contributed by atoms with Crippen molar-refractivity contribution in [3.8, 4) is 0 Å². The highest BCUT2D eigenvalue weighted by molar-refractivity contribution is 8.23. The molecule has 2 saturated heterocycles. The minimum Gasteiger partial charge on any atom is -0.372 e. The molecule has 0 radical (unpaired) electrons. The summed E-state index contributed by atoms with van der Waals surface area (Å²) in [4.78, 5) is 16.8. The third-order valence-corrected chi connectivity index (χ3v) is 6.17. The van der Waals surface area contributed by atoms with Gasteiger partial charge in [-0.15, -0.1) is 0 Å². The number of nitrogens with zero attached hydrogens (tertiary/aromatic N) is 2. The summed E-state index contributed by atoms with van der Waals surface area (Å²) in [6.45, 7) is 6.39. The van der Waals surface area contributed by atoms with Gasteiger partial charge < -0.3 is 15.1 Å². The number of nitrogens with one attached hydrogen (secondary N) is 1. The molecule has 0 atom stereocenters. The van der Waals surface area contributed by atoms with Crippen LogP contribution in [0, 0.1) is 6.92 Å². The minimum atomic E-state index is 0.0126. The van der Waals surface area contributed by atoms with Crippen molar-refractivity contribution >= 4 is 45.6 Å². The van der Waals surface area contributed by atoms with Gasteiger partial charge >= 0.3 is 0 Å². The number of aryl methyl sites for hydroxylation is 1. The van der Waals surface area contributed by atoms with E-state index in [1.54, 1.807) is 0 Å². The van der Waals surface area contributed by atoms with Crippen molar-refractivity contribution in [1.82, 2.24) is 4.90 Å². The van der Waals surface area contributed by atoms with Gasteiger partial charge in [-0.2, -0.15) is 0 Å². The zero-order chi connectivity index (χ0) is 16.9. The number of likely N-dealkylation sites (tertiary alicyclic amines) is 1. The van der Waals surface area contributed by atoms with E-state index in [4.69, 9.17) is 12.2 Å². The normalized spacial score (nSPS) is 17.4. The molecule has 0 bridgehead atoms. The predicted molar refractivity (Wildman–Crippen MR) is 107 cm³/mol. The number of hydrogen-bond acceptors (Lipinski definition) is 4. The first-order valence-electron chi connectivity index (χ1n) is 8.70. The average Bonchev–Trinajstić information content (AvgIpc) is 3.27. The summed E-state index contributed by atoms with van der Waals surface area (Å²) in [7, 11) is 0. The molecule has 130 valence electrons. The molecular formula is C18H25N3OS2. The van der Waals surface area contributed by atoms with Crippen molar-refractivity contribution in [3.05, 3.63) is 23.8 Å². The van der Waals surface area contributed by atoms with Crippen LogP contribution >= 0.6 is 24.0 Å². The lowest BCUT2D eigenvalue weighted by atomic mass is 10.1. The van der Waals surface area contributed by atoms with Gasteiger partial charge in [-0.05, 0) is 56.4 Å². The van der Waals surface area contributed by atoms with E-state index in [2.05, 4.69) is 34.2 Å². The lowest BCUT2D eigenvalue weighted by Gasteiger charge is -2.19. The highest BCUT2D eigenvalue weighted by Gasteiger charge is 2.17. The molecule has 3 rings (SSSR count). The SMILES string of the molecule is Cc1cc(N2CCCC2)ccc1NC(=O)CSC(=S)N1CCCC1. The van der Waals surface area contributed by atoms with E-state index in [1.165, 1.54) is 43.1 Å². The van der Waals surface area contributed by atoms with Crippen LogP contribution in [-0.4, -0.2) is 47.1 Å². The van der Waals surface area contributed by atoms with E-state index in [1.807, 2.05) is 6.07 Å². The molecule has 2 aliphatic heterocycles. The topological polar surface area (TPSA) is 35.6 Å². The Kier molecular flexibility index (Phi) is 6.00. The van der Waals surface area contributed by atoms with Gasteiger partial charge in [0.1, 0.15) is 4.32 Å². The molecule has 0 spiro atoms. The van der Waals surface area contributed by atoms with Gasteiger partial charge in [0, 0.05) is 37.6 Å². The van der Waals surface area contributed by atoms with E-state index >= 15 is 0 Å². The second kappa shape index (κ2) is 8.21. The highest BCUT2D eigenvalue weighted by Crippen LogP contribution is 2.25. The molecule has 1 aromatic carbocycles. The van der Waals surface area contributed by atoms with Crippen LogP contribution in [-0.2, 0) is 4.79 Å². The van der Waals surface area contributed by atoms with Crippen LogP contribution in [0.4, 0.5) is 11.4 Å². The van der Waals surface area contributed by atoms with Gasteiger partial charge in [-0.1, -0.05) is 24.0 Å². The molecule has 2 fully saturated rings. The van der Waals surface area contributed by atoms with Crippen LogP contribution in [0.5, 0.6) is 0 Å².